The van der Waals surface area contributed by atoms with Gasteiger partial charge in [0.15, 0.2) is 0 Å². The molecular weight excluding hydrogens is 210 g/mol. The van der Waals surface area contributed by atoms with Crippen LogP contribution in [0.3, 0.4) is 0 Å². The minimum absolute atomic E-state index is 0.0124. The average molecular weight is 225 g/mol. The summed E-state index contributed by atoms with van der Waals surface area (Å²) >= 11 is 1.41. The first-order chi connectivity index (χ1) is 7.08. The molecule has 0 unspecified atom stereocenters. The molecule has 0 aromatic heterocycles. The largest absolute Gasteiger partial charge is 0.508 e. The molecule has 0 atom stereocenters. The molecule has 1 aromatic carbocycles. The Balaban J connectivity index is 2.40. The van der Waals surface area contributed by atoms with Gasteiger partial charge in [-0.1, -0.05) is 6.07 Å². The van der Waals surface area contributed by atoms with Crippen LogP contribution in [0.15, 0.2) is 29.2 Å². The van der Waals surface area contributed by atoms with Gasteiger partial charge >= 0.3 is 0 Å². The van der Waals surface area contributed by atoms with E-state index in [-0.39, 0.29) is 17.7 Å². The SMILES string of the molecule is CC(C)NC(=O)CSc1cccc(O)c1. The first kappa shape index (κ1) is 11.9. The number of rotatable bonds is 4. The highest BCUT2D eigenvalue weighted by molar-refractivity contribution is 8.00. The van der Waals surface area contributed by atoms with Crippen molar-refractivity contribution < 1.29 is 9.90 Å². The summed E-state index contributed by atoms with van der Waals surface area (Å²) in [4.78, 5) is 12.2. The first-order valence-electron chi connectivity index (χ1n) is 4.79. The third-order valence-electron chi connectivity index (χ3n) is 1.64. The van der Waals surface area contributed by atoms with Gasteiger partial charge in [-0.05, 0) is 32.0 Å². The van der Waals surface area contributed by atoms with Gasteiger partial charge in [0.1, 0.15) is 5.75 Å². The molecule has 82 valence electrons. The Kier molecular flexibility index (Phi) is 4.49. The monoisotopic (exact) mass is 225 g/mol. The van der Waals surface area contributed by atoms with Crippen molar-refractivity contribution >= 4 is 17.7 Å². The van der Waals surface area contributed by atoms with Crippen LogP contribution < -0.4 is 5.32 Å². The summed E-state index contributed by atoms with van der Waals surface area (Å²) in [6, 6.07) is 7.05. The fourth-order valence-electron chi connectivity index (χ4n) is 1.09. The van der Waals surface area contributed by atoms with E-state index in [0.29, 0.717) is 5.75 Å². The number of benzene rings is 1. The number of carbonyl (C=O) groups excluding carboxylic acids is 1. The second-order valence-electron chi connectivity index (χ2n) is 3.51. The Morgan fingerprint density at radius 2 is 2.27 bits per heavy atom. The van der Waals surface area contributed by atoms with Crippen molar-refractivity contribution in [2.24, 2.45) is 0 Å². The van der Waals surface area contributed by atoms with Crippen LogP contribution in [-0.4, -0.2) is 22.8 Å². The molecule has 0 saturated carbocycles. The van der Waals surface area contributed by atoms with E-state index in [0.717, 1.165) is 4.90 Å². The van der Waals surface area contributed by atoms with E-state index in [1.165, 1.54) is 11.8 Å². The van der Waals surface area contributed by atoms with Crippen molar-refractivity contribution in [1.29, 1.82) is 0 Å². The van der Waals surface area contributed by atoms with Crippen LogP contribution in [0.4, 0.5) is 0 Å². The lowest BCUT2D eigenvalue weighted by atomic mass is 10.3. The maximum absolute atomic E-state index is 11.3. The third-order valence-corrected chi connectivity index (χ3v) is 2.63. The van der Waals surface area contributed by atoms with E-state index in [4.69, 9.17) is 0 Å². The van der Waals surface area contributed by atoms with E-state index < -0.39 is 0 Å². The van der Waals surface area contributed by atoms with Gasteiger partial charge in [-0.3, -0.25) is 4.79 Å². The second kappa shape index (κ2) is 5.66. The molecule has 0 heterocycles. The predicted molar refractivity (Wildman–Crippen MR) is 62.1 cm³/mol. The summed E-state index contributed by atoms with van der Waals surface area (Å²) in [5.41, 5.74) is 0. The van der Waals surface area contributed by atoms with Crippen molar-refractivity contribution in [2.75, 3.05) is 5.75 Å². The molecule has 1 rings (SSSR count). The van der Waals surface area contributed by atoms with Gasteiger partial charge in [-0.15, -0.1) is 11.8 Å². The van der Waals surface area contributed by atoms with E-state index in [1.807, 2.05) is 19.9 Å². The van der Waals surface area contributed by atoms with E-state index in [9.17, 15) is 9.90 Å². The Morgan fingerprint density at radius 3 is 2.87 bits per heavy atom. The quantitative estimate of drug-likeness (QED) is 0.771. The summed E-state index contributed by atoms with van der Waals surface area (Å²) in [5, 5.41) is 12.0. The highest BCUT2D eigenvalue weighted by Gasteiger charge is 2.04. The zero-order valence-corrected chi connectivity index (χ0v) is 9.67. The number of aromatic hydroxyl groups is 1. The first-order valence-corrected chi connectivity index (χ1v) is 5.77. The van der Waals surface area contributed by atoms with Gasteiger partial charge in [0, 0.05) is 10.9 Å². The highest BCUT2D eigenvalue weighted by atomic mass is 32.2. The Bertz CT molecular complexity index is 339. The maximum Gasteiger partial charge on any atom is 0.230 e. The smallest absolute Gasteiger partial charge is 0.230 e. The molecule has 4 heteroatoms. The van der Waals surface area contributed by atoms with Crippen LogP contribution in [0.1, 0.15) is 13.8 Å². The van der Waals surface area contributed by atoms with Gasteiger partial charge in [0.05, 0.1) is 5.75 Å². The van der Waals surface area contributed by atoms with Gasteiger partial charge < -0.3 is 10.4 Å². The number of nitrogens with one attached hydrogen (secondary N) is 1. The standard InChI is InChI=1S/C11H15NO2S/c1-8(2)12-11(14)7-15-10-5-3-4-9(13)6-10/h3-6,8,13H,7H2,1-2H3,(H,12,14). The lowest BCUT2D eigenvalue weighted by Gasteiger charge is -2.07. The minimum atomic E-state index is 0.0124. The van der Waals surface area contributed by atoms with Gasteiger partial charge in [-0.2, -0.15) is 0 Å². The summed E-state index contributed by atoms with van der Waals surface area (Å²) < 4.78 is 0. The zero-order chi connectivity index (χ0) is 11.3. The second-order valence-corrected chi connectivity index (χ2v) is 4.56. The molecule has 15 heavy (non-hydrogen) atoms. The van der Waals surface area contributed by atoms with Crippen LogP contribution in [0.2, 0.25) is 0 Å². The lowest BCUT2D eigenvalue weighted by Crippen LogP contribution is -2.31. The Labute approximate surface area is 93.9 Å². The zero-order valence-electron chi connectivity index (χ0n) is 8.86. The average Bonchev–Trinajstić information content (AvgIpc) is 2.14. The third kappa shape index (κ3) is 4.74. The van der Waals surface area contributed by atoms with Gasteiger partial charge in [0.25, 0.3) is 0 Å². The highest BCUT2D eigenvalue weighted by Crippen LogP contribution is 2.21. The van der Waals surface area contributed by atoms with E-state index in [2.05, 4.69) is 5.32 Å². The molecule has 0 radical (unpaired) electrons. The van der Waals surface area contributed by atoms with Crippen LogP contribution in [-0.2, 0) is 4.79 Å². The van der Waals surface area contributed by atoms with Crippen molar-refractivity contribution in [3.8, 4) is 5.75 Å². The molecule has 3 nitrogen and oxygen atoms in total. The molecule has 2 N–H and O–H groups in total. The number of phenolic OH excluding ortho intramolecular Hbond substituents is 1. The fraction of sp³-hybridized carbons (Fsp3) is 0.364. The molecule has 0 aliphatic rings. The molecule has 0 fully saturated rings. The number of phenols is 1. The lowest BCUT2D eigenvalue weighted by molar-refractivity contribution is -0.119. The summed E-state index contributed by atoms with van der Waals surface area (Å²) in [6.07, 6.45) is 0. The minimum Gasteiger partial charge on any atom is -0.508 e. The summed E-state index contributed by atoms with van der Waals surface area (Å²) in [7, 11) is 0. The molecular formula is C11H15NO2S. The number of thioether (sulfide) groups is 1. The summed E-state index contributed by atoms with van der Waals surface area (Å²) in [5.74, 6) is 0.615. The Morgan fingerprint density at radius 1 is 1.53 bits per heavy atom. The van der Waals surface area contributed by atoms with Crippen molar-refractivity contribution in [3.05, 3.63) is 24.3 Å². The molecule has 0 saturated heterocycles. The van der Waals surface area contributed by atoms with E-state index >= 15 is 0 Å². The number of carbonyl (C=O) groups is 1. The molecule has 0 bridgehead atoms. The topological polar surface area (TPSA) is 49.3 Å². The van der Waals surface area contributed by atoms with Crippen LogP contribution in [0.5, 0.6) is 5.75 Å². The maximum atomic E-state index is 11.3. The number of hydrogen-bond acceptors (Lipinski definition) is 3. The fourth-order valence-corrected chi connectivity index (χ4v) is 1.85. The molecule has 0 aliphatic carbocycles. The van der Waals surface area contributed by atoms with Crippen molar-refractivity contribution in [1.82, 2.24) is 5.32 Å². The molecule has 0 spiro atoms. The van der Waals surface area contributed by atoms with Gasteiger partial charge in [-0.25, -0.2) is 0 Å². The van der Waals surface area contributed by atoms with Crippen molar-refractivity contribution in [3.63, 3.8) is 0 Å². The van der Waals surface area contributed by atoms with Crippen molar-refractivity contribution in [2.45, 2.75) is 24.8 Å². The van der Waals surface area contributed by atoms with Crippen LogP contribution in [0, 0.1) is 0 Å². The predicted octanol–water partition coefficient (Wildman–Crippen LogP) is 2.01. The Hall–Kier alpha value is -1.16. The van der Waals surface area contributed by atoms with Crippen LogP contribution in [0.25, 0.3) is 0 Å². The van der Waals surface area contributed by atoms with Crippen LogP contribution >= 0.6 is 11.8 Å². The normalized spacial score (nSPS) is 10.3. The summed E-state index contributed by atoms with van der Waals surface area (Å²) in [6.45, 7) is 3.85. The number of amides is 1. The number of hydrogen-bond donors (Lipinski definition) is 2. The molecule has 0 aliphatic heterocycles. The molecule has 1 aromatic rings. The molecule has 1 amide bonds. The van der Waals surface area contributed by atoms with E-state index in [1.54, 1.807) is 18.2 Å². The van der Waals surface area contributed by atoms with Gasteiger partial charge in [0.2, 0.25) is 5.91 Å².